The number of halogens is 1. The lowest BCUT2D eigenvalue weighted by molar-refractivity contribution is -0.0103. The number of benzene rings is 1. The number of esters is 1. The smallest absolute Gasteiger partial charge is 0.339 e. The summed E-state index contributed by atoms with van der Waals surface area (Å²) >= 11 is 6.24. The fraction of sp³-hybridized carbons (Fsp3) is 0.474. The number of hydrogen-bond donors (Lipinski definition) is 0. The second-order valence-corrected chi connectivity index (χ2v) is 8.03. The Kier molecular flexibility index (Phi) is 4.31. The third-order valence-electron chi connectivity index (χ3n) is 5.99. The monoisotopic (exact) mass is 372 g/mol. The van der Waals surface area contributed by atoms with Crippen molar-refractivity contribution < 1.29 is 9.53 Å². The van der Waals surface area contributed by atoms with E-state index in [0.717, 1.165) is 18.8 Å². The summed E-state index contributed by atoms with van der Waals surface area (Å²) in [7, 11) is 0. The van der Waals surface area contributed by atoms with Crippen LogP contribution in [0.4, 0.5) is 0 Å². The minimum absolute atomic E-state index is 0.322. The van der Waals surface area contributed by atoms with Crippen molar-refractivity contribution in [3.8, 4) is 5.69 Å². The molecule has 0 unspecified atom stereocenters. The lowest BCUT2D eigenvalue weighted by Gasteiger charge is -2.56. The number of rotatable bonds is 5. The quantitative estimate of drug-likeness (QED) is 0.588. The van der Waals surface area contributed by atoms with Crippen LogP contribution < -0.4 is 0 Å². The van der Waals surface area contributed by atoms with E-state index in [0.29, 0.717) is 34.2 Å². The maximum absolute atomic E-state index is 12.4. The molecule has 2 aromatic rings. The molecule has 0 saturated heterocycles. The summed E-state index contributed by atoms with van der Waals surface area (Å²) in [6, 6.07) is 5.02. The van der Waals surface area contributed by atoms with Crippen LogP contribution in [0.15, 0.2) is 36.2 Å². The van der Waals surface area contributed by atoms with E-state index in [1.54, 1.807) is 18.2 Å². The Morgan fingerprint density at radius 2 is 2.27 bits per heavy atom. The summed E-state index contributed by atoms with van der Waals surface area (Å²) in [4.78, 5) is 12.4. The summed E-state index contributed by atoms with van der Waals surface area (Å²) in [5.74, 6) is 1.05. The largest absolute Gasteiger partial charge is 0.462 e. The summed E-state index contributed by atoms with van der Waals surface area (Å²) in [5, 5.41) is 11.3. The standard InChI is InChI=1S/C19H21ClN4O2/c1-19(2)13-4-3-12(16(19)9-13)7-8-26-18(25)15-6-5-14(10-17(15)20)24-11-21-22-23-24/h3,5-6,10-11,13,16H,4,7-9H2,1-2H3/t13-,16-/m0/s1. The van der Waals surface area contributed by atoms with E-state index in [2.05, 4.69) is 35.4 Å². The highest BCUT2D eigenvalue weighted by atomic mass is 35.5. The molecule has 5 rings (SSSR count). The topological polar surface area (TPSA) is 69.9 Å². The maximum Gasteiger partial charge on any atom is 0.339 e. The van der Waals surface area contributed by atoms with Gasteiger partial charge in [-0.2, -0.15) is 0 Å². The molecule has 3 aliphatic carbocycles. The van der Waals surface area contributed by atoms with Crippen LogP contribution in [0.2, 0.25) is 5.02 Å². The van der Waals surface area contributed by atoms with Crippen molar-refractivity contribution >= 4 is 17.6 Å². The Balaban J connectivity index is 1.36. The van der Waals surface area contributed by atoms with Gasteiger partial charge in [0.25, 0.3) is 0 Å². The van der Waals surface area contributed by atoms with Crippen molar-refractivity contribution in [3.63, 3.8) is 0 Å². The number of allylic oxidation sites excluding steroid dienone is 1. The molecule has 0 N–H and O–H groups in total. The molecule has 6 nitrogen and oxygen atoms in total. The van der Waals surface area contributed by atoms with Gasteiger partial charge in [0.05, 0.1) is 22.9 Å². The van der Waals surface area contributed by atoms with Gasteiger partial charge in [-0.05, 0) is 58.7 Å². The van der Waals surface area contributed by atoms with Gasteiger partial charge >= 0.3 is 5.97 Å². The molecular formula is C19H21ClN4O2. The molecule has 0 amide bonds. The van der Waals surface area contributed by atoms with Gasteiger partial charge in [-0.25, -0.2) is 9.48 Å². The average Bonchev–Trinajstić information content (AvgIpc) is 3.16. The predicted molar refractivity (Wildman–Crippen MR) is 97.1 cm³/mol. The van der Waals surface area contributed by atoms with E-state index >= 15 is 0 Å². The second kappa shape index (κ2) is 6.50. The summed E-state index contributed by atoms with van der Waals surface area (Å²) in [6.07, 6.45) is 7.03. The lowest BCUT2D eigenvalue weighted by Crippen LogP contribution is -2.48. The SMILES string of the molecule is CC1(C)[C@H]2CC=C(CCOC(=O)c3ccc(-n4cnnn4)cc3Cl)[C@@H]1C2. The van der Waals surface area contributed by atoms with Crippen LogP contribution in [0.25, 0.3) is 5.69 Å². The van der Waals surface area contributed by atoms with Gasteiger partial charge in [0.15, 0.2) is 0 Å². The van der Waals surface area contributed by atoms with E-state index in [9.17, 15) is 4.79 Å². The molecule has 1 fully saturated rings. The fourth-order valence-corrected chi connectivity index (χ4v) is 4.44. The third kappa shape index (κ3) is 2.92. The van der Waals surface area contributed by atoms with Crippen LogP contribution in [0.3, 0.4) is 0 Å². The van der Waals surface area contributed by atoms with E-state index < -0.39 is 5.97 Å². The third-order valence-corrected chi connectivity index (χ3v) is 6.31. The molecule has 1 aromatic heterocycles. The van der Waals surface area contributed by atoms with Crippen molar-refractivity contribution in [1.29, 1.82) is 0 Å². The van der Waals surface area contributed by atoms with Crippen LogP contribution in [-0.2, 0) is 4.74 Å². The normalized spacial score (nSPS) is 23.1. The molecule has 1 heterocycles. The van der Waals surface area contributed by atoms with Crippen LogP contribution in [-0.4, -0.2) is 32.8 Å². The number of tetrazole rings is 1. The number of carbonyl (C=O) groups excluding carboxylic acids is 1. The molecule has 2 bridgehead atoms. The van der Waals surface area contributed by atoms with Crippen molar-refractivity contribution in [1.82, 2.24) is 20.2 Å². The molecule has 136 valence electrons. The number of carbonyl (C=O) groups is 1. The zero-order valence-electron chi connectivity index (χ0n) is 14.9. The summed E-state index contributed by atoms with van der Waals surface area (Å²) in [5.41, 5.74) is 2.87. The van der Waals surface area contributed by atoms with Crippen LogP contribution >= 0.6 is 11.6 Å². The van der Waals surface area contributed by atoms with Gasteiger partial charge in [0.1, 0.15) is 6.33 Å². The second-order valence-electron chi connectivity index (χ2n) is 7.63. The molecule has 1 saturated carbocycles. The Morgan fingerprint density at radius 1 is 1.42 bits per heavy atom. The molecule has 0 aliphatic heterocycles. The number of aromatic nitrogens is 4. The Bertz CT molecular complexity index is 860. The van der Waals surface area contributed by atoms with Crippen molar-refractivity contribution in [2.45, 2.75) is 33.1 Å². The molecule has 1 aromatic carbocycles. The summed E-state index contributed by atoms with van der Waals surface area (Å²) in [6.45, 7) is 5.07. The molecule has 2 atom stereocenters. The van der Waals surface area contributed by atoms with E-state index in [4.69, 9.17) is 16.3 Å². The van der Waals surface area contributed by atoms with E-state index in [1.165, 1.54) is 23.0 Å². The predicted octanol–water partition coefficient (Wildman–Crippen LogP) is 3.86. The number of fused-ring (bicyclic) bond motifs is 1. The Hall–Kier alpha value is -2.21. The molecule has 0 spiro atoms. The van der Waals surface area contributed by atoms with Crippen molar-refractivity contribution in [3.05, 3.63) is 46.8 Å². The van der Waals surface area contributed by atoms with Gasteiger partial charge in [0, 0.05) is 6.42 Å². The van der Waals surface area contributed by atoms with Gasteiger partial charge in [0.2, 0.25) is 0 Å². The highest BCUT2D eigenvalue weighted by molar-refractivity contribution is 6.33. The molecule has 3 aliphatic rings. The Labute approximate surface area is 157 Å². The highest BCUT2D eigenvalue weighted by Crippen LogP contribution is 2.59. The highest BCUT2D eigenvalue weighted by Gasteiger charge is 2.50. The first-order chi connectivity index (χ1) is 12.5. The van der Waals surface area contributed by atoms with Crippen molar-refractivity contribution in [2.75, 3.05) is 6.61 Å². The first-order valence-electron chi connectivity index (χ1n) is 8.86. The van der Waals surface area contributed by atoms with Gasteiger partial charge in [-0.3, -0.25) is 0 Å². The molecule has 7 heteroatoms. The zero-order valence-corrected chi connectivity index (χ0v) is 15.6. The maximum atomic E-state index is 12.4. The van der Waals surface area contributed by atoms with Gasteiger partial charge < -0.3 is 4.74 Å². The fourth-order valence-electron chi connectivity index (χ4n) is 4.19. The van der Waals surface area contributed by atoms with Crippen LogP contribution in [0.5, 0.6) is 0 Å². The molecule has 0 radical (unpaired) electrons. The first kappa shape index (κ1) is 17.2. The van der Waals surface area contributed by atoms with Gasteiger partial charge in [-0.1, -0.05) is 37.1 Å². The minimum Gasteiger partial charge on any atom is -0.462 e. The average molecular weight is 373 g/mol. The van der Waals surface area contributed by atoms with Crippen LogP contribution in [0.1, 0.15) is 43.5 Å². The molecular weight excluding hydrogens is 352 g/mol. The van der Waals surface area contributed by atoms with Crippen molar-refractivity contribution in [2.24, 2.45) is 17.3 Å². The Morgan fingerprint density at radius 3 is 2.92 bits per heavy atom. The van der Waals surface area contributed by atoms with E-state index in [-0.39, 0.29) is 0 Å². The zero-order chi connectivity index (χ0) is 18.3. The number of nitrogens with zero attached hydrogens (tertiary/aromatic N) is 4. The number of ether oxygens (including phenoxy) is 1. The van der Waals surface area contributed by atoms with Crippen LogP contribution in [0, 0.1) is 17.3 Å². The van der Waals surface area contributed by atoms with Gasteiger partial charge in [-0.15, -0.1) is 5.10 Å². The minimum atomic E-state index is -0.402. The first-order valence-corrected chi connectivity index (χ1v) is 9.23. The van der Waals surface area contributed by atoms with E-state index in [1.807, 2.05) is 0 Å². The lowest BCUT2D eigenvalue weighted by atomic mass is 9.48. The number of hydrogen-bond acceptors (Lipinski definition) is 5. The molecule has 26 heavy (non-hydrogen) atoms. The summed E-state index contributed by atoms with van der Waals surface area (Å²) < 4.78 is 6.94.